The first kappa shape index (κ1) is 20.3. The van der Waals surface area contributed by atoms with Crippen LogP contribution in [0, 0.1) is 25.5 Å². The Bertz CT molecular complexity index is 1110. The van der Waals surface area contributed by atoms with E-state index in [0.717, 1.165) is 23.3 Å². The summed E-state index contributed by atoms with van der Waals surface area (Å²) in [6.45, 7) is 3.94. The predicted octanol–water partition coefficient (Wildman–Crippen LogP) is 3.95. The van der Waals surface area contributed by atoms with Crippen LogP contribution in [0.2, 0.25) is 0 Å². The molecule has 0 spiro atoms. The van der Waals surface area contributed by atoms with Crippen molar-refractivity contribution in [3.63, 3.8) is 0 Å². The summed E-state index contributed by atoms with van der Waals surface area (Å²) in [7, 11) is 2.94. The van der Waals surface area contributed by atoms with Crippen LogP contribution >= 0.6 is 0 Å². The average Bonchev–Trinajstić information content (AvgIpc) is 2.69. The van der Waals surface area contributed by atoms with Gasteiger partial charge in [-0.2, -0.15) is 4.98 Å². The zero-order chi connectivity index (χ0) is 21.1. The number of hydrogen-bond donors (Lipinski definition) is 1. The van der Waals surface area contributed by atoms with Crippen molar-refractivity contribution in [1.29, 1.82) is 0 Å². The third-order valence-corrected chi connectivity index (χ3v) is 4.49. The van der Waals surface area contributed by atoms with E-state index in [1.165, 1.54) is 19.4 Å². The largest absolute Gasteiger partial charge is 0.496 e. The Morgan fingerprint density at radius 2 is 1.76 bits per heavy atom. The molecule has 0 amide bonds. The fraction of sp³-hybridized carbons (Fsp3) is 0.238. The van der Waals surface area contributed by atoms with Gasteiger partial charge in [0.05, 0.1) is 27.0 Å². The zero-order valence-corrected chi connectivity index (χ0v) is 16.5. The number of methoxy groups -OCH3 is 2. The van der Waals surface area contributed by atoms with E-state index >= 15 is 0 Å². The highest BCUT2D eigenvalue weighted by molar-refractivity contribution is 5.64. The maximum absolute atomic E-state index is 13.6. The molecular weight excluding hydrogens is 380 g/mol. The van der Waals surface area contributed by atoms with Crippen LogP contribution in [0.25, 0.3) is 0 Å². The standard InChI is InChI=1S/C21H21F2N3O3/c1-12-7-17(13(2)18(8-12)28-3)24-21-25-20(27)19(29-4)11-26(21)10-14-5-6-15(22)16(23)9-14/h5-9,11H,10H2,1-4H3,(H,24,25,27). The van der Waals surface area contributed by atoms with Crippen molar-refractivity contribution in [2.75, 3.05) is 19.5 Å². The van der Waals surface area contributed by atoms with Crippen LogP contribution in [-0.2, 0) is 6.54 Å². The highest BCUT2D eigenvalue weighted by atomic mass is 19.2. The summed E-state index contributed by atoms with van der Waals surface area (Å²) in [5.74, 6) is -0.911. The lowest BCUT2D eigenvalue weighted by Gasteiger charge is -2.18. The van der Waals surface area contributed by atoms with Gasteiger partial charge in [-0.1, -0.05) is 6.07 Å². The smallest absolute Gasteiger partial charge is 0.316 e. The molecule has 2 aromatic carbocycles. The van der Waals surface area contributed by atoms with Crippen LogP contribution in [0.5, 0.6) is 11.5 Å². The number of benzene rings is 2. The molecule has 0 radical (unpaired) electrons. The number of ether oxygens (including phenoxy) is 2. The Hall–Kier alpha value is -3.42. The topological polar surface area (TPSA) is 65.4 Å². The van der Waals surface area contributed by atoms with Crippen LogP contribution in [0.3, 0.4) is 0 Å². The van der Waals surface area contributed by atoms with Crippen LogP contribution in [0.1, 0.15) is 16.7 Å². The zero-order valence-electron chi connectivity index (χ0n) is 16.5. The molecule has 0 aliphatic carbocycles. The molecule has 1 heterocycles. The highest BCUT2D eigenvalue weighted by Crippen LogP contribution is 2.29. The molecule has 6 nitrogen and oxygen atoms in total. The number of rotatable bonds is 6. The monoisotopic (exact) mass is 401 g/mol. The van der Waals surface area contributed by atoms with Crippen LogP contribution in [0.4, 0.5) is 20.4 Å². The summed E-state index contributed by atoms with van der Waals surface area (Å²) in [5, 5.41) is 3.14. The molecule has 8 heteroatoms. The molecule has 3 rings (SSSR count). The SMILES string of the molecule is COc1cc(C)cc(Nc2nc(=O)c(OC)cn2Cc2ccc(F)c(F)c2)c1C. The van der Waals surface area contributed by atoms with Gasteiger partial charge in [0, 0.05) is 11.3 Å². The first-order valence-corrected chi connectivity index (χ1v) is 8.84. The van der Waals surface area contributed by atoms with E-state index < -0.39 is 17.2 Å². The Labute approximate surface area is 166 Å². The molecule has 29 heavy (non-hydrogen) atoms. The van der Waals surface area contributed by atoms with E-state index in [-0.39, 0.29) is 18.2 Å². The van der Waals surface area contributed by atoms with Gasteiger partial charge in [0.25, 0.3) is 0 Å². The highest BCUT2D eigenvalue weighted by Gasteiger charge is 2.14. The number of nitrogens with zero attached hydrogens (tertiary/aromatic N) is 2. The predicted molar refractivity (Wildman–Crippen MR) is 106 cm³/mol. The van der Waals surface area contributed by atoms with Gasteiger partial charge in [0.15, 0.2) is 11.6 Å². The summed E-state index contributed by atoms with van der Waals surface area (Å²) in [4.78, 5) is 16.3. The van der Waals surface area contributed by atoms with Crippen molar-refractivity contribution >= 4 is 11.6 Å². The molecule has 1 N–H and O–H groups in total. The number of nitrogens with one attached hydrogen (secondary N) is 1. The minimum absolute atomic E-state index is 0.0386. The van der Waals surface area contributed by atoms with Crippen molar-refractivity contribution in [2.45, 2.75) is 20.4 Å². The molecule has 0 aliphatic heterocycles. The molecule has 0 unspecified atom stereocenters. The molecule has 0 saturated heterocycles. The quantitative estimate of drug-likeness (QED) is 0.678. The fourth-order valence-corrected chi connectivity index (χ4v) is 2.96. The van der Waals surface area contributed by atoms with Crippen molar-refractivity contribution in [3.05, 3.63) is 75.2 Å². The molecular formula is C21H21F2N3O3. The van der Waals surface area contributed by atoms with E-state index in [1.54, 1.807) is 11.7 Å². The Kier molecular flexibility index (Phi) is 5.81. The summed E-state index contributed by atoms with van der Waals surface area (Å²) in [5.41, 5.74) is 2.45. The lowest BCUT2D eigenvalue weighted by atomic mass is 10.1. The van der Waals surface area contributed by atoms with Gasteiger partial charge in [-0.3, -0.25) is 4.79 Å². The molecule has 0 bridgehead atoms. The number of aromatic nitrogens is 2. The molecule has 0 saturated carbocycles. The van der Waals surface area contributed by atoms with E-state index in [2.05, 4.69) is 10.3 Å². The second-order valence-electron chi connectivity index (χ2n) is 6.58. The summed E-state index contributed by atoms with van der Waals surface area (Å²) in [6.07, 6.45) is 1.47. The van der Waals surface area contributed by atoms with Crippen molar-refractivity contribution < 1.29 is 18.3 Å². The lowest BCUT2D eigenvalue weighted by Crippen LogP contribution is -2.19. The van der Waals surface area contributed by atoms with Gasteiger partial charge >= 0.3 is 5.56 Å². The molecule has 3 aromatic rings. The molecule has 0 atom stereocenters. The summed E-state index contributed by atoms with van der Waals surface area (Å²) < 4.78 is 38.9. The minimum atomic E-state index is -0.947. The van der Waals surface area contributed by atoms with Crippen LogP contribution in [0.15, 0.2) is 41.3 Å². The van der Waals surface area contributed by atoms with Gasteiger partial charge in [0.1, 0.15) is 5.75 Å². The van der Waals surface area contributed by atoms with Crippen LogP contribution < -0.4 is 20.3 Å². The van der Waals surface area contributed by atoms with E-state index in [4.69, 9.17) is 9.47 Å². The third-order valence-electron chi connectivity index (χ3n) is 4.49. The first-order chi connectivity index (χ1) is 13.8. The van der Waals surface area contributed by atoms with Crippen molar-refractivity contribution in [1.82, 2.24) is 9.55 Å². The third kappa shape index (κ3) is 4.37. The number of hydrogen-bond acceptors (Lipinski definition) is 5. The number of aryl methyl sites for hydroxylation is 1. The minimum Gasteiger partial charge on any atom is -0.496 e. The molecule has 0 fully saturated rings. The Morgan fingerprint density at radius 3 is 2.41 bits per heavy atom. The Morgan fingerprint density at radius 1 is 1.03 bits per heavy atom. The second-order valence-corrected chi connectivity index (χ2v) is 6.58. The molecule has 1 aromatic heterocycles. The van der Waals surface area contributed by atoms with Crippen molar-refractivity contribution in [2.24, 2.45) is 0 Å². The summed E-state index contributed by atoms with van der Waals surface area (Å²) >= 11 is 0. The fourth-order valence-electron chi connectivity index (χ4n) is 2.96. The second kappa shape index (κ2) is 8.30. The molecule has 152 valence electrons. The van der Waals surface area contributed by atoms with Crippen LogP contribution in [-0.4, -0.2) is 23.8 Å². The Balaban J connectivity index is 2.06. The number of anilines is 2. The van der Waals surface area contributed by atoms with E-state index in [9.17, 15) is 13.6 Å². The van der Waals surface area contributed by atoms with Gasteiger partial charge in [-0.25, -0.2) is 8.78 Å². The van der Waals surface area contributed by atoms with Gasteiger partial charge in [0.2, 0.25) is 11.7 Å². The summed E-state index contributed by atoms with van der Waals surface area (Å²) in [6, 6.07) is 7.42. The van der Waals surface area contributed by atoms with E-state index in [1.807, 2.05) is 26.0 Å². The maximum atomic E-state index is 13.6. The van der Waals surface area contributed by atoms with Gasteiger partial charge < -0.3 is 19.4 Å². The van der Waals surface area contributed by atoms with Crippen molar-refractivity contribution in [3.8, 4) is 11.5 Å². The number of halogens is 2. The maximum Gasteiger partial charge on any atom is 0.316 e. The van der Waals surface area contributed by atoms with Gasteiger partial charge in [-0.05, 0) is 49.2 Å². The average molecular weight is 401 g/mol. The lowest BCUT2D eigenvalue weighted by molar-refractivity contribution is 0.402. The molecule has 0 aliphatic rings. The van der Waals surface area contributed by atoms with E-state index in [0.29, 0.717) is 17.0 Å². The van der Waals surface area contributed by atoms with Gasteiger partial charge in [-0.15, -0.1) is 0 Å². The normalized spacial score (nSPS) is 10.7. The first-order valence-electron chi connectivity index (χ1n) is 8.84.